The first-order chi connectivity index (χ1) is 11.2. The number of nitrogens with one attached hydrogen (secondary N) is 1. The van der Waals surface area contributed by atoms with Crippen molar-refractivity contribution in [3.63, 3.8) is 0 Å². The molecule has 2 amide bonds. The zero-order valence-electron chi connectivity index (χ0n) is 13.4. The quantitative estimate of drug-likeness (QED) is 0.871. The molecule has 1 fully saturated rings. The lowest BCUT2D eigenvalue weighted by Crippen LogP contribution is -2.37. The monoisotopic (exact) mass is 344 g/mol. The van der Waals surface area contributed by atoms with Crippen LogP contribution in [0.4, 0.5) is 19.0 Å². The van der Waals surface area contributed by atoms with Crippen molar-refractivity contribution >= 4 is 17.6 Å². The molecular formula is C15H19F3N4O2. The maximum absolute atomic E-state index is 12.4. The lowest BCUT2D eigenvalue weighted by molar-refractivity contribution is -0.157. The van der Waals surface area contributed by atoms with Crippen molar-refractivity contribution in [2.24, 2.45) is 5.92 Å². The second-order valence-corrected chi connectivity index (χ2v) is 5.89. The average molecular weight is 344 g/mol. The number of anilines is 1. The van der Waals surface area contributed by atoms with Crippen molar-refractivity contribution < 1.29 is 22.8 Å². The van der Waals surface area contributed by atoms with E-state index in [0.29, 0.717) is 10.7 Å². The third-order valence-electron chi connectivity index (χ3n) is 3.70. The van der Waals surface area contributed by atoms with Crippen LogP contribution in [0.5, 0.6) is 0 Å². The van der Waals surface area contributed by atoms with Gasteiger partial charge in [-0.15, -0.1) is 0 Å². The molecule has 2 heterocycles. The van der Waals surface area contributed by atoms with Crippen LogP contribution in [0.25, 0.3) is 0 Å². The van der Waals surface area contributed by atoms with Gasteiger partial charge in [0.25, 0.3) is 0 Å². The van der Waals surface area contributed by atoms with Gasteiger partial charge < -0.3 is 15.1 Å². The molecule has 0 bridgehead atoms. The Hall–Kier alpha value is -2.32. The van der Waals surface area contributed by atoms with Gasteiger partial charge in [-0.05, 0) is 6.07 Å². The molecule has 1 aromatic rings. The molecule has 132 valence electrons. The number of likely N-dealkylation sites (tertiary alicyclic amines) is 1. The van der Waals surface area contributed by atoms with E-state index < -0.39 is 30.5 Å². The van der Waals surface area contributed by atoms with Crippen LogP contribution in [0.3, 0.4) is 0 Å². The first-order valence-corrected chi connectivity index (χ1v) is 7.41. The van der Waals surface area contributed by atoms with Crippen LogP contribution in [0.15, 0.2) is 18.3 Å². The van der Waals surface area contributed by atoms with Crippen LogP contribution >= 0.6 is 0 Å². The molecule has 1 aliphatic heterocycles. The van der Waals surface area contributed by atoms with Crippen LogP contribution in [-0.2, 0) is 16.1 Å². The number of carbonyl (C=O) groups is 2. The number of hydrogen-bond donors (Lipinski definition) is 1. The summed E-state index contributed by atoms with van der Waals surface area (Å²) in [6.45, 7) is -1.33. The van der Waals surface area contributed by atoms with E-state index in [0.717, 1.165) is 5.56 Å². The lowest BCUT2D eigenvalue weighted by atomic mass is 10.1. The lowest BCUT2D eigenvalue weighted by Gasteiger charge is -2.19. The fourth-order valence-corrected chi connectivity index (χ4v) is 2.61. The summed E-state index contributed by atoms with van der Waals surface area (Å²) in [5.41, 5.74) is 0.785. The minimum Gasteiger partial charge on any atom is -0.362 e. The number of rotatable bonds is 5. The third-order valence-corrected chi connectivity index (χ3v) is 3.70. The molecule has 1 atom stereocenters. The van der Waals surface area contributed by atoms with Gasteiger partial charge in [-0.2, -0.15) is 13.2 Å². The van der Waals surface area contributed by atoms with Crippen molar-refractivity contribution in [2.45, 2.75) is 19.1 Å². The smallest absolute Gasteiger partial charge is 0.362 e. The predicted octanol–water partition coefficient (Wildman–Crippen LogP) is 1.17. The summed E-state index contributed by atoms with van der Waals surface area (Å²) in [6, 6.07) is 3.54. The van der Waals surface area contributed by atoms with Gasteiger partial charge in [-0.25, -0.2) is 4.98 Å². The summed E-state index contributed by atoms with van der Waals surface area (Å²) in [6.07, 6.45) is -3.03. The summed E-state index contributed by atoms with van der Waals surface area (Å²) in [7, 11) is 3.64. The second-order valence-electron chi connectivity index (χ2n) is 5.89. The predicted molar refractivity (Wildman–Crippen MR) is 81.2 cm³/mol. The normalized spacial score (nSPS) is 18.0. The van der Waals surface area contributed by atoms with Crippen molar-refractivity contribution in [1.82, 2.24) is 15.2 Å². The number of carbonyl (C=O) groups excluding carboxylic acids is 2. The van der Waals surface area contributed by atoms with Gasteiger partial charge in [0.2, 0.25) is 11.8 Å². The van der Waals surface area contributed by atoms with Gasteiger partial charge in [0, 0.05) is 45.4 Å². The van der Waals surface area contributed by atoms with E-state index in [1.54, 1.807) is 23.2 Å². The third kappa shape index (κ3) is 4.59. The van der Waals surface area contributed by atoms with E-state index in [9.17, 15) is 22.8 Å². The zero-order valence-corrected chi connectivity index (χ0v) is 13.4. The molecule has 0 radical (unpaired) electrons. The highest BCUT2D eigenvalue weighted by Gasteiger charge is 2.40. The van der Waals surface area contributed by atoms with Crippen LogP contribution < -0.4 is 10.2 Å². The fourth-order valence-electron chi connectivity index (χ4n) is 2.61. The molecule has 2 rings (SSSR count). The molecule has 1 aromatic heterocycles. The maximum Gasteiger partial charge on any atom is 0.406 e. The van der Waals surface area contributed by atoms with E-state index in [-0.39, 0.29) is 19.5 Å². The largest absolute Gasteiger partial charge is 0.406 e. The Morgan fingerprint density at radius 2 is 2.17 bits per heavy atom. The zero-order chi connectivity index (χ0) is 17.9. The molecule has 0 spiro atoms. The van der Waals surface area contributed by atoms with Gasteiger partial charge >= 0.3 is 6.18 Å². The number of pyridine rings is 1. The van der Waals surface area contributed by atoms with Crippen LogP contribution in [-0.4, -0.2) is 55.1 Å². The van der Waals surface area contributed by atoms with Crippen molar-refractivity contribution in [1.29, 1.82) is 0 Å². The van der Waals surface area contributed by atoms with Gasteiger partial charge in [0.15, 0.2) is 0 Å². The Bertz CT molecular complexity index is 619. The SMILES string of the molecule is CN(C)c1ncccc1CNC(=O)[C@H]1CC(=O)N(CC(F)(F)F)C1. The Kier molecular flexibility index (Phi) is 5.30. The summed E-state index contributed by atoms with van der Waals surface area (Å²) in [5, 5.41) is 2.67. The molecule has 6 nitrogen and oxygen atoms in total. The summed E-state index contributed by atoms with van der Waals surface area (Å²) < 4.78 is 37.2. The van der Waals surface area contributed by atoms with Gasteiger partial charge in [0.1, 0.15) is 12.4 Å². The van der Waals surface area contributed by atoms with Crippen LogP contribution in [0.2, 0.25) is 0 Å². The number of amides is 2. The topological polar surface area (TPSA) is 65.5 Å². The molecule has 1 aliphatic rings. The van der Waals surface area contributed by atoms with E-state index in [4.69, 9.17) is 0 Å². The van der Waals surface area contributed by atoms with E-state index in [1.807, 2.05) is 14.1 Å². The molecule has 0 unspecified atom stereocenters. The Balaban J connectivity index is 1.93. The van der Waals surface area contributed by atoms with Gasteiger partial charge in [-0.1, -0.05) is 6.07 Å². The van der Waals surface area contributed by atoms with E-state index in [1.165, 1.54) is 0 Å². The van der Waals surface area contributed by atoms with Crippen LogP contribution in [0.1, 0.15) is 12.0 Å². The summed E-state index contributed by atoms with van der Waals surface area (Å²) >= 11 is 0. The number of hydrogen-bond acceptors (Lipinski definition) is 4. The Morgan fingerprint density at radius 1 is 1.46 bits per heavy atom. The fraction of sp³-hybridized carbons (Fsp3) is 0.533. The Labute approximate surface area is 137 Å². The van der Waals surface area contributed by atoms with Crippen molar-refractivity contribution in [3.05, 3.63) is 23.9 Å². The summed E-state index contributed by atoms with van der Waals surface area (Å²) in [5.74, 6) is -1.15. The minimum atomic E-state index is -4.46. The van der Waals surface area contributed by atoms with Crippen LogP contribution in [0, 0.1) is 5.92 Å². The van der Waals surface area contributed by atoms with Crippen molar-refractivity contribution in [3.8, 4) is 0 Å². The Morgan fingerprint density at radius 3 is 2.79 bits per heavy atom. The summed E-state index contributed by atoms with van der Waals surface area (Å²) in [4.78, 5) is 30.4. The second kappa shape index (κ2) is 7.06. The molecule has 9 heteroatoms. The molecule has 1 N–H and O–H groups in total. The average Bonchev–Trinajstić information content (AvgIpc) is 2.84. The highest BCUT2D eigenvalue weighted by Crippen LogP contribution is 2.24. The minimum absolute atomic E-state index is 0.199. The highest BCUT2D eigenvalue weighted by atomic mass is 19.4. The van der Waals surface area contributed by atoms with E-state index in [2.05, 4.69) is 10.3 Å². The van der Waals surface area contributed by atoms with E-state index >= 15 is 0 Å². The molecule has 0 aliphatic carbocycles. The molecule has 24 heavy (non-hydrogen) atoms. The standard InChI is InChI=1S/C15H19F3N4O2/c1-21(2)13-10(4-3-5-19-13)7-20-14(24)11-6-12(23)22(8-11)9-15(16,17)18/h3-5,11H,6-9H2,1-2H3,(H,20,24)/t11-/m0/s1. The van der Waals surface area contributed by atoms with Gasteiger partial charge in [0.05, 0.1) is 5.92 Å². The first kappa shape index (κ1) is 18.0. The molecular weight excluding hydrogens is 325 g/mol. The maximum atomic E-state index is 12.4. The number of halogens is 3. The molecule has 0 saturated carbocycles. The van der Waals surface area contributed by atoms with Crippen molar-refractivity contribution in [2.75, 3.05) is 32.1 Å². The number of aromatic nitrogens is 1. The highest BCUT2D eigenvalue weighted by molar-refractivity contribution is 5.89. The number of nitrogens with zero attached hydrogens (tertiary/aromatic N) is 3. The molecule has 1 saturated heterocycles. The van der Waals surface area contributed by atoms with Gasteiger partial charge in [-0.3, -0.25) is 9.59 Å². The molecule has 0 aromatic carbocycles. The first-order valence-electron chi connectivity index (χ1n) is 7.41. The number of alkyl halides is 3.